The van der Waals surface area contributed by atoms with Gasteiger partial charge < -0.3 is 15.0 Å². The van der Waals surface area contributed by atoms with E-state index in [1.54, 1.807) is 7.11 Å². The van der Waals surface area contributed by atoms with Crippen molar-refractivity contribution in [1.29, 1.82) is 0 Å². The summed E-state index contributed by atoms with van der Waals surface area (Å²) < 4.78 is 7.13. The van der Waals surface area contributed by atoms with Crippen LogP contribution in [0, 0.1) is 5.92 Å². The number of hydrogen-bond acceptors (Lipinski definition) is 4. The van der Waals surface area contributed by atoms with Crippen LogP contribution in [0.1, 0.15) is 48.8 Å². The van der Waals surface area contributed by atoms with Gasteiger partial charge in [-0.1, -0.05) is 25.0 Å². The largest absolute Gasteiger partial charge is 0.497 e. The maximum Gasteiger partial charge on any atom is 0.228 e. The summed E-state index contributed by atoms with van der Waals surface area (Å²) in [6.07, 6.45) is 8.40. The lowest BCUT2D eigenvalue weighted by Crippen LogP contribution is -2.41. The van der Waals surface area contributed by atoms with Crippen molar-refractivity contribution in [2.75, 3.05) is 26.7 Å². The third-order valence-electron chi connectivity index (χ3n) is 6.22. The fraction of sp³-hybridized carbons (Fsp3) is 0.545. The van der Waals surface area contributed by atoms with Crippen molar-refractivity contribution in [1.82, 2.24) is 20.0 Å². The molecule has 6 nitrogen and oxygen atoms in total. The van der Waals surface area contributed by atoms with Crippen molar-refractivity contribution < 1.29 is 9.53 Å². The number of methoxy groups -OCH3 is 1. The minimum absolute atomic E-state index is 0. The Kier molecular flexibility index (Phi) is 7.19. The predicted octanol–water partition coefficient (Wildman–Crippen LogP) is 3.30. The summed E-state index contributed by atoms with van der Waals surface area (Å²) in [5, 5.41) is 7.75. The van der Waals surface area contributed by atoms with E-state index in [1.165, 1.54) is 12.0 Å². The first kappa shape index (κ1) is 21.7. The first-order valence-corrected chi connectivity index (χ1v) is 10.3. The van der Waals surface area contributed by atoms with Gasteiger partial charge in [0, 0.05) is 38.8 Å². The highest BCUT2D eigenvalue weighted by Gasteiger charge is 2.39. The zero-order valence-electron chi connectivity index (χ0n) is 17.2. The lowest BCUT2D eigenvalue weighted by molar-refractivity contribution is -0.137. The molecule has 2 aliphatic heterocycles. The molecule has 1 unspecified atom stereocenters. The van der Waals surface area contributed by atoms with Crippen LogP contribution >= 0.6 is 12.4 Å². The summed E-state index contributed by atoms with van der Waals surface area (Å²) in [4.78, 5) is 15.8. The van der Waals surface area contributed by atoms with Crippen molar-refractivity contribution in [2.45, 2.75) is 37.6 Å². The van der Waals surface area contributed by atoms with Gasteiger partial charge in [0.15, 0.2) is 0 Å². The zero-order chi connectivity index (χ0) is 19.5. The molecule has 4 rings (SSSR count). The Morgan fingerprint density at radius 3 is 2.62 bits per heavy atom. The van der Waals surface area contributed by atoms with Gasteiger partial charge in [-0.05, 0) is 36.1 Å². The second-order valence-electron chi connectivity index (χ2n) is 7.99. The lowest BCUT2D eigenvalue weighted by Gasteiger charge is -2.34. The number of amides is 1. The number of likely N-dealkylation sites (tertiary alicyclic amines) is 1. The number of benzene rings is 1. The average molecular weight is 419 g/mol. The molecular formula is C22H31ClN4O2. The van der Waals surface area contributed by atoms with Crippen molar-refractivity contribution in [3.05, 3.63) is 47.8 Å². The molecule has 3 atom stereocenters. The number of aromatic nitrogens is 2. The van der Waals surface area contributed by atoms with E-state index in [2.05, 4.69) is 27.4 Å². The quantitative estimate of drug-likeness (QED) is 0.827. The fourth-order valence-corrected chi connectivity index (χ4v) is 4.68. The second-order valence-corrected chi connectivity index (χ2v) is 7.99. The Balaban J connectivity index is 0.00000240. The van der Waals surface area contributed by atoms with Crippen LogP contribution in [-0.2, 0) is 11.8 Å². The maximum absolute atomic E-state index is 13.7. The minimum atomic E-state index is -0.0250. The van der Waals surface area contributed by atoms with Gasteiger partial charge >= 0.3 is 0 Å². The highest BCUT2D eigenvalue weighted by Crippen LogP contribution is 2.36. The Bertz CT molecular complexity index is 807. The Morgan fingerprint density at radius 2 is 1.93 bits per heavy atom. The SMILES string of the molecule is COc1ccc(C2CCCCCN2C(=O)[C@H]2CNC[C@@H]2c2cnn(C)c2)cc1.Cl. The number of hydrogen-bond donors (Lipinski definition) is 1. The number of carbonyl (C=O) groups excluding carboxylic acids is 1. The monoisotopic (exact) mass is 418 g/mol. The topological polar surface area (TPSA) is 59.4 Å². The van der Waals surface area contributed by atoms with Crippen LogP contribution in [0.4, 0.5) is 0 Å². The van der Waals surface area contributed by atoms with E-state index in [0.29, 0.717) is 0 Å². The molecule has 0 saturated carbocycles. The van der Waals surface area contributed by atoms with Gasteiger partial charge in [0.2, 0.25) is 5.91 Å². The minimum Gasteiger partial charge on any atom is -0.497 e. The molecule has 29 heavy (non-hydrogen) atoms. The van der Waals surface area contributed by atoms with E-state index in [0.717, 1.165) is 50.2 Å². The molecule has 3 heterocycles. The van der Waals surface area contributed by atoms with Gasteiger partial charge in [-0.25, -0.2) is 0 Å². The number of ether oxygens (including phenoxy) is 1. The molecule has 2 aromatic rings. The highest BCUT2D eigenvalue weighted by molar-refractivity contribution is 5.85. The molecule has 1 amide bonds. The Hall–Kier alpha value is -2.05. The summed E-state index contributed by atoms with van der Waals surface area (Å²) in [6.45, 7) is 2.42. The van der Waals surface area contributed by atoms with E-state index in [1.807, 2.05) is 36.3 Å². The summed E-state index contributed by atoms with van der Waals surface area (Å²) in [5.74, 6) is 1.30. The molecule has 1 aromatic carbocycles. The van der Waals surface area contributed by atoms with Crippen LogP contribution in [0.2, 0.25) is 0 Å². The zero-order valence-corrected chi connectivity index (χ0v) is 18.0. The molecule has 0 aliphatic carbocycles. The predicted molar refractivity (Wildman–Crippen MR) is 115 cm³/mol. The lowest BCUT2D eigenvalue weighted by atomic mass is 9.88. The third kappa shape index (κ3) is 4.59. The first-order chi connectivity index (χ1) is 13.7. The third-order valence-corrected chi connectivity index (χ3v) is 6.22. The Labute approximate surface area is 179 Å². The van der Waals surface area contributed by atoms with E-state index < -0.39 is 0 Å². The molecule has 7 heteroatoms. The number of nitrogens with zero attached hydrogens (tertiary/aromatic N) is 3. The van der Waals surface area contributed by atoms with Crippen LogP contribution in [0.25, 0.3) is 0 Å². The van der Waals surface area contributed by atoms with Gasteiger partial charge in [-0.15, -0.1) is 12.4 Å². The van der Waals surface area contributed by atoms with Crippen LogP contribution in [0.15, 0.2) is 36.7 Å². The van der Waals surface area contributed by atoms with E-state index in [-0.39, 0.29) is 36.2 Å². The van der Waals surface area contributed by atoms with E-state index >= 15 is 0 Å². The molecule has 2 fully saturated rings. The van der Waals surface area contributed by atoms with E-state index in [4.69, 9.17) is 4.74 Å². The molecule has 158 valence electrons. The summed E-state index contributed by atoms with van der Waals surface area (Å²) in [5.41, 5.74) is 2.36. The normalized spacial score (nSPS) is 24.6. The van der Waals surface area contributed by atoms with Gasteiger partial charge in [-0.3, -0.25) is 9.48 Å². The highest BCUT2D eigenvalue weighted by atomic mass is 35.5. The maximum atomic E-state index is 13.7. The van der Waals surface area contributed by atoms with Crippen molar-refractivity contribution in [3.63, 3.8) is 0 Å². The number of nitrogens with one attached hydrogen (secondary N) is 1. The summed E-state index contributed by atoms with van der Waals surface area (Å²) in [7, 11) is 3.61. The van der Waals surface area contributed by atoms with Gasteiger partial charge in [-0.2, -0.15) is 5.10 Å². The second kappa shape index (κ2) is 9.63. The van der Waals surface area contributed by atoms with Crippen LogP contribution in [0.5, 0.6) is 5.75 Å². The summed E-state index contributed by atoms with van der Waals surface area (Å²) >= 11 is 0. The van der Waals surface area contributed by atoms with Crippen LogP contribution in [0.3, 0.4) is 0 Å². The molecule has 1 N–H and O–H groups in total. The molecule has 0 bridgehead atoms. The van der Waals surface area contributed by atoms with Crippen LogP contribution < -0.4 is 10.1 Å². The number of carbonyl (C=O) groups is 1. The van der Waals surface area contributed by atoms with Gasteiger partial charge in [0.05, 0.1) is 25.3 Å². The number of halogens is 1. The number of rotatable bonds is 4. The smallest absolute Gasteiger partial charge is 0.228 e. The summed E-state index contributed by atoms with van der Waals surface area (Å²) in [6, 6.07) is 8.37. The number of aryl methyl sites for hydroxylation is 1. The average Bonchev–Trinajstić information content (AvgIpc) is 3.30. The van der Waals surface area contributed by atoms with E-state index in [9.17, 15) is 4.79 Å². The standard InChI is InChI=1S/C22H30N4O2.ClH/c1-25-15-17(12-24-25)19-13-23-14-20(19)22(27)26-11-5-3-4-6-21(26)16-7-9-18(28-2)10-8-16;/h7-10,12,15,19-21,23H,3-6,11,13-14H2,1-2H3;1H/t19-,20+,21?;/m1./s1. The molecule has 1 aromatic heterocycles. The molecule has 0 radical (unpaired) electrons. The molecule has 2 aliphatic rings. The molecule has 2 saturated heterocycles. The Morgan fingerprint density at radius 1 is 1.14 bits per heavy atom. The van der Waals surface area contributed by atoms with Crippen molar-refractivity contribution >= 4 is 18.3 Å². The first-order valence-electron chi connectivity index (χ1n) is 10.3. The fourth-order valence-electron chi connectivity index (χ4n) is 4.68. The van der Waals surface area contributed by atoms with Crippen molar-refractivity contribution in [2.24, 2.45) is 13.0 Å². The van der Waals surface area contributed by atoms with Crippen molar-refractivity contribution in [3.8, 4) is 5.75 Å². The van der Waals surface area contributed by atoms with Gasteiger partial charge in [0.25, 0.3) is 0 Å². The van der Waals surface area contributed by atoms with Gasteiger partial charge in [0.1, 0.15) is 5.75 Å². The molecular weight excluding hydrogens is 388 g/mol. The molecule has 0 spiro atoms. The van der Waals surface area contributed by atoms with Crippen LogP contribution in [-0.4, -0.2) is 47.3 Å².